The third-order valence-corrected chi connectivity index (χ3v) is 6.55. The number of amides is 1. The minimum absolute atomic E-state index is 0.0396. The summed E-state index contributed by atoms with van der Waals surface area (Å²) in [5.41, 5.74) is 0.691. The van der Waals surface area contributed by atoms with Gasteiger partial charge in [0.2, 0.25) is 0 Å². The fourth-order valence-electron chi connectivity index (χ4n) is 4.72. The number of nitrogens with zero attached hydrogens (tertiary/aromatic N) is 5. The Kier molecular flexibility index (Phi) is 7.33. The highest BCUT2D eigenvalue weighted by molar-refractivity contribution is 6.01. The first kappa shape index (κ1) is 25.4. The number of fused-ring (bicyclic) bond motifs is 1. The Hall–Kier alpha value is -3.20. The van der Waals surface area contributed by atoms with Crippen LogP contribution in [-0.2, 0) is 22.2 Å². The van der Waals surface area contributed by atoms with E-state index in [0.29, 0.717) is 26.3 Å². The van der Waals surface area contributed by atoms with Crippen LogP contribution >= 0.6 is 0 Å². The number of pyridine rings is 1. The normalized spacial score (nSPS) is 21.1. The molecule has 0 radical (unpaired) electrons. The van der Waals surface area contributed by atoms with Crippen LogP contribution in [0.15, 0.2) is 29.6 Å². The van der Waals surface area contributed by atoms with Crippen LogP contribution in [0.4, 0.5) is 23.8 Å². The number of hydrogen-bond acceptors (Lipinski definition) is 9. The van der Waals surface area contributed by atoms with Crippen molar-refractivity contribution in [2.24, 2.45) is 5.10 Å². The molecule has 200 valence electrons. The zero-order valence-corrected chi connectivity index (χ0v) is 20.3. The van der Waals surface area contributed by atoms with Crippen LogP contribution in [0, 0.1) is 0 Å². The number of nitrogens with one attached hydrogen (secondary N) is 3. The first-order valence-corrected chi connectivity index (χ1v) is 12.1. The second kappa shape index (κ2) is 10.7. The van der Waals surface area contributed by atoms with E-state index in [9.17, 15) is 18.0 Å². The topological polar surface area (TPSA) is 108 Å². The molecule has 0 bridgehead atoms. The van der Waals surface area contributed by atoms with Crippen molar-refractivity contribution in [3.05, 3.63) is 46.9 Å². The molecule has 3 aliphatic rings. The lowest BCUT2D eigenvalue weighted by Crippen LogP contribution is -2.49. The highest BCUT2D eigenvalue weighted by Gasteiger charge is 2.38. The van der Waals surface area contributed by atoms with Crippen LogP contribution in [0.25, 0.3) is 0 Å². The maximum atomic E-state index is 14.1. The Morgan fingerprint density at radius 2 is 1.97 bits per heavy atom. The molecule has 5 heterocycles. The second-order valence-electron chi connectivity index (χ2n) is 9.02. The van der Waals surface area contributed by atoms with Crippen molar-refractivity contribution in [1.82, 2.24) is 30.1 Å². The van der Waals surface area contributed by atoms with Gasteiger partial charge in [-0.05, 0) is 17.7 Å². The summed E-state index contributed by atoms with van der Waals surface area (Å²) in [7, 11) is 1.12. The maximum absolute atomic E-state index is 14.1. The number of carbonyl (C=O) groups excluding carboxylic acids is 1. The zero-order chi connectivity index (χ0) is 26.0. The molecule has 1 atom stereocenters. The number of ether oxygens (including phenoxy) is 2. The van der Waals surface area contributed by atoms with Crippen molar-refractivity contribution in [3.8, 4) is 0 Å². The Morgan fingerprint density at radius 3 is 2.68 bits per heavy atom. The van der Waals surface area contributed by atoms with Crippen molar-refractivity contribution in [2.45, 2.75) is 18.9 Å². The Balaban J connectivity index is 1.51. The largest absolute Gasteiger partial charge is 0.453 e. The molecule has 37 heavy (non-hydrogen) atoms. The van der Waals surface area contributed by atoms with Crippen LogP contribution in [0.2, 0.25) is 0 Å². The van der Waals surface area contributed by atoms with E-state index >= 15 is 0 Å². The van der Waals surface area contributed by atoms with Gasteiger partial charge in [0.05, 0.1) is 31.6 Å². The minimum atomic E-state index is -4.71. The van der Waals surface area contributed by atoms with Crippen LogP contribution < -0.4 is 16.0 Å². The lowest BCUT2D eigenvalue weighted by molar-refractivity contribution is -0.137. The number of morpholine rings is 1. The van der Waals surface area contributed by atoms with E-state index in [4.69, 9.17) is 4.74 Å². The van der Waals surface area contributed by atoms with Crippen molar-refractivity contribution in [1.29, 1.82) is 0 Å². The average Bonchev–Trinajstić information content (AvgIpc) is 3.31. The van der Waals surface area contributed by atoms with E-state index in [1.165, 1.54) is 0 Å². The van der Waals surface area contributed by atoms with Crippen LogP contribution in [0.1, 0.15) is 28.6 Å². The Bertz CT molecular complexity index is 1160. The number of piperazine rings is 1. The molecule has 3 N–H and O–H groups in total. The van der Waals surface area contributed by atoms with Crippen LogP contribution in [-0.4, -0.2) is 91.0 Å². The lowest BCUT2D eigenvalue weighted by atomic mass is 10.1. The van der Waals surface area contributed by atoms with Crippen LogP contribution in [0.3, 0.4) is 0 Å². The number of rotatable bonds is 5. The van der Waals surface area contributed by atoms with E-state index in [0.717, 1.165) is 63.4 Å². The molecule has 0 aromatic carbocycles. The van der Waals surface area contributed by atoms with E-state index in [1.54, 1.807) is 4.68 Å². The average molecular weight is 523 g/mol. The maximum Gasteiger partial charge on any atom is 0.417 e. The van der Waals surface area contributed by atoms with Gasteiger partial charge in [0.1, 0.15) is 12.0 Å². The molecule has 0 saturated carbocycles. The smallest absolute Gasteiger partial charge is 0.417 e. The summed E-state index contributed by atoms with van der Waals surface area (Å²) in [4.78, 5) is 20.0. The lowest BCUT2D eigenvalue weighted by Gasteiger charge is -2.37. The number of methoxy groups -OCH3 is 1. The molecule has 11 nitrogen and oxygen atoms in total. The summed E-state index contributed by atoms with van der Waals surface area (Å²) in [6.07, 6.45) is -3.09. The summed E-state index contributed by atoms with van der Waals surface area (Å²) in [6.45, 7) is 6.71. The van der Waals surface area contributed by atoms with Gasteiger partial charge in [0.15, 0.2) is 5.84 Å². The molecule has 2 aromatic rings. The van der Waals surface area contributed by atoms with E-state index in [-0.39, 0.29) is 17.2 Å². The Morgan fingerprint density at radius 1 is 1.22 bits per heavy atom. The molecule has 0 spiro atoms. The standard InChI is InChI=1S/C23H29F3N8O3/c1-36-22(35)29-19-11-17(23(24,25)26)16(12-28-19)20-30-21(33-6-8-37-9-7-33)18-10-15(14-34(18)31-20)13-32-4-2-27-3-5-32/h10-12,14,21,27H,2-9,13H2,1H3,(H,30,31)(H,28,29,35). The molecule has 2 fully saturated rings. The number of amidine groups is 1. The number of anilines is 1. The number of hydrogen-bond donors (Lipinski definition) is 3. The van der Waals surface area contributed by atoms with Crippen molar-refractivity contribution >= 4 is 17.7 Å². The predicted octanol–water partition coefficient (Wildman–Crippen LogP) is 1.63. The first-order chi connectivity index (χ1) is 17.8. The molecular formula is C23H29F3N8O3. The molecule has 1 amide bonds. The predicted molar refractivity (Wildman–Crippen MR) is 128 cm³/mol. The van der Waals surface area contributed by atoms with Gasteiger partial charge in [-0.2, -0.15) is 13.2 Å². The molecule has 2 aromatic heterocycles. The Labute approximate surface area is 211 Å². The molecule has 14 heteroatoms. The number of carbonyl (C=O) groups is 1. The van der Waals surface area contributed by atoms with Gasteiger partial charge in [-0.15, -0.1) is 5.10 Å². The van der Waals surface area contributed by atoms with Gasteiger partial charge in [-0.3, -0.25) is 15.1 Å². The first-order valence-electron chi connectivity index (χ1n) is 12.1. The van der Waals surface area contributed by atoms with Gasteiger partial charge >= 0.3 is 12.3 Å². The SMILES string of the molecule is COC(=O)Nc1cc(C(F)(F)F)c(C2=Nn3cc(CN4CCNCC4)cc3C(N3CCOCC3)N2)cn1. The summed E-state index contributed by atoms with van der Waals surface area (Å²) in [5.74, 6) is -0.234. The summed E-state index contributed by atoms with van der Waals surface area (Å²) >= 11 is 0. The van der Waals surface area contributed by atoms with Gasteiger partial charge < -0.3 is 20.1 Å². The molecule has 2 saturated heterocycles. The van der Waals surface area contributed by atoms with Crippen molar-refractivity contribution < 1.29 is 27.4 Å². The van der Waals surface area contributed by atoms with Gasteiger partial charge in [-0.25, -0.2) is 14.5 Å². The third-order valence-electron chi connectivity index (χ3n) is 6.55. The second-order valence-corrected chi connectivity index (χ2v) is 9.02. The van der Waals surface area contributed by atoms with E-state index < -0.39 is 24.0 Å². The van der Waals surface area contributed by atoms with E-state index in [2.05, 4.69) is 46.6 Å². The van der Waals surface area contributed by atoms with Gasteiger partial charge in [0, 0.05) is 63.8 Å². The fourth-order valence-corrected chi connectivity index (χ4v) is 4.72. The summed E-state index contributed by atoms with van der Waals surface area (Å²) in [5, 5.41) is 13.3. The van der Waals surface area contributed by atoms with Gasteiger partial charge in [-0.1, -0.05) is 0 Å². The monoisotopic (exact) mass is 522 g/mol. The molecule has 0 aliphatic carbocycles. The summed E-state index contributed by atoms with van der Waals surface area (Å²) < 4.78 is 54.0. The van der Waals surface area contributed by atoms with Crippen molar-refractivity contribution in [3.63, 3.8) is 0 Å². The molecule has 3 aliphatic heterocycles. The third kappa shape index (κ3) is 5.71. The molecule has 1 unspecified atom stereocenters. The molecule has 5 rings (SSSR count). The fraction of sp³-hybridized carbons (Fsp3) is 0.522. The summed E-state index contributed by atoms with van der Waals surface area (Å²) in [6, 6.07) is 2.84. The number of aromatic nitrogens is 2. The van der Waals surface area contributed by atoms with Gasteiger partial charge in [0.25, 0.3) is 0 Å². The minimum Gasteiger partial charge on any atom is -0.453 e. The number of halogens is 3. The highest BCUT2D eigenvalue weighted by Crippen LogP contribution is 2.35. The quantitative estimate of drug-likeness (QED) is 0.544. The zero-order valence-electron chi connectivity index (χ0n) is 20.3. The van der Waals surface area contributed by atoms with E-state index in [1.807, 2.05) is 6.20 Å². The highest BCUT2D eigenvalue weighted by atomic mass is 19.4. The number of alkyl halides is 3. The van der Waals surface area contributed by atoms with Crippen LogP contribution in [0.5, 0.6) is 0 Å². The van der Waals surface area contributed by atoms with Crippen molar-refractivity contribution in [2.75, 3.05) is 64.9 Å². The molecular weight excluding hydrogens is 493 g/mol.